The molecular weight excluding hydrogens is 338 g/mol. The van der Waals surface area contributed by atoms with Gasteiger partial charge in [0.2, 0.25) is 5.91 Å². The van der Waals surface area contributed by atoms with Crippen molar-refractivity contribution >= 4 is 16.7 Å². The van der Waals surface area contributed by atoms with Gasteiger partial charge >= 0.3 is 0 Å². The highest BCUT2D eigenvalue weighted by Gasteiger charge is 2.09. The lowest BCUT2D eigenvalue weighted by Crippen LogP contribution is -2.36. The van der Waals surface area contributed by atoms with Gasteiger partial charge in [0.05, 0.1) is 13.2 Å². The maximum atomic E-state index is 12.3. The lowest BCUT2D eigenvalue weighted by atomic mass is 10.0. The van der Waals surface area contributed by atoms with Crippen LogP contribution in [0.5, 0.6) is 11.5 Å². The zero-order valence-corrected chi connectivity index (χ0v) is 15.8. The van der Waals surface area contributed by atoms with Crippen LogP contribution in [0, 0.1) is 0 Å². The van der Waals surface area contributed by atoms with Crippen molar-refractivity contribution in [3.63, 3.8) is 0 Å². The minimum absolute atomic E-state index is 0.0359. The molecule has 0 fully saturated rings. The van der Waals surface area contributed by atoms with Crippen molar-refractivity contribution in [1.82, 2.24) is 5.32 Å². The van der Waals surface area contributed by atoms with E-state index in [0.29, 0.717) is 13.0 Å². The van der Waals surface area contributed by atoms with Crippen LogP contribution in [0.25, 0.3) is 10.8 Å². The van der Waals surface area contributed by atoms with Crippen LogP contribution in [0.3, 0.4) is 0 Å². The zero-order chi connectivity index (χ0) is 19.1. The van der Waals surface area contributed by atoms with Gasteiger partial charge in [0.15, 0.2) is 0 Å². The molecule has 0 aliphatic carbocycles. The number of hydrogen-bond acceptors (Lipinski definition) is 3. The molecule has 1 atom stereocenters. The summed E-state index contributed by atoms with van der Waals surface area (Å²) in [4.78, 5) is 12.3. The van der Waals surface area contributed by atoms with Gasteiger partial charge in [0.25, 0.3) is 0 Å². The monoisotopic (exact) mass is 363 g/mol. The first-order valence-electron chi connectivity index (χ1n) is 9.18. The number of benzene rings is 3. The van der Waals surface area contributed by atoms with Crippen LogP contribution < -0.4 is 14.8 Å². The molecule has 0 aromatic heterocycles. The van der Waals surface area contributed by atoms with E-state index in [2.05, 4.69) is 29.6 Å². The standard InChI is InChI=1S/C23H25NO3/c1-17(16-27-21-13-11-20(26-2)12-14-21)24-23(25)15-10-19-8-5-7-18-6-3-4-9-22(18)19/h3-9,11-14,17H,10,15-16H2,1-2H3,(H,24,25). The number of nitrogens with one attached hydrogen (secondary N) is 1. The smallest absolute Gasteiger partial charge is 0.220 e. The van der Waals surface area contributed by atoms with Crippen molar-refractivity contribution < 1.29 is 14.3 Å². The Labute approximate surface area is 160 Å². The SMILES string of the molecule is COc1ccc(OCC(C)NC(=O)CCc2cccc3ccccc23)cc1. The molecule has 27 heavy (non-hydrogen) atoms. The molecule has 0 bridgehead atoms. The van der Waals surface area contributed by atoms with Gasteiger partial charge in [-0.1, -0.05) is 42.5 Å². The number of methoxy groups -OCH3 is 1. The van der Waals surface area contributed by atoms with Crippen LogP contribution in [0.1, 0.15) is 18.9 Å². The number of amides is 1. The first kappa shape index (κ1) is 18.8. The summed E-state index contributed by atoms with van der Waals surface area (Å²) in [5, 5.41) is 5.42. The van der Waals surface area contributed by atoms with Gasteiger partial charge in [0, 0.05) is 6.42 Å². The van der Waals surface area contributed by atoms with Crippen molar-refractivity contribution in [1.29, 1.82) is 0 Å². The van der Waals surface area contributed by atoms with Crippen LogP contribution >= 0.6 is 0 Å². The van der Waals surface area contributed by atoms with Crippen LogP contribution in [-0.4, -0.2) is 25.7 Å². The Morgan fingerprint density at radius 2 is 1.67 bits per heavy atom. The van der Waals surface area contributed by atoms with E-state index in [0.717, 1.165) is 17.9 Å². The highest BCUT2D eigenvalue weighted by Crippen LogP contribution is 2.20. The number of rotatable bonds is 8. The number of carbonyl (C=O) groups is 1. The summed E-state index contributed by atoms with van der Waals surface area (Å²) < 4.78 is 10.8. The largest absolute Gasteiger partial charge is 0.497 e. The van der Waals surface area contributed by atoms with Gasteiger partial charge in [-0.2, -0.15) is 0 Å². The van der Waals surface area contributed by atoms with Crippen LogP contribution in [0.4, 0.5) is 0 Å². The van der Waals surface area contributed by atoms with Crippen molar-refractivity contribution in [2.24, 2.45) is 0 Å². The lowest BCUT2D eigenvalue weighted by molar-refractivity contribution is -0.121. The fourth-order valence-corrected chi connectivity index (χ4v) is 3.04. The molecule has 1 N–H and O–H groups in total. The second-order valence-corrected chi connectivity index (χ2v) is 6.59. The topological polar surface area (TPSA) is 47.6 Å². The van der Waals surface area contributed by atoms with Gasteiger partial charge in [-0.15, -0.1) is 0 Å². The number of ether oxygens (including phenoxy) is 2. The number of aryl methyl sites for hydroxylation is 1. The molecule has 1 unspecified atom stereocenters. The fourth-order valence-electron chi connectivity index (χ4n) is 3.04. The summed E-state index contributed by atoms with van der Waals surface area (Å²) in [5.74, 6) is 1.58. The molecule has 4 heteroatoms. The lowest BCUT2D eigenvalue weighted by Gasteiger charge is -2.15. The van der Waals surface area contributed by atoms with Crippen LogP contribution in [0.15, 0.2) is 66.7 Å². The van der Waals surface area contributed by atoms with E-state index in [1.54, 1.807) is 7.11 Å². The van der Waals surface area contributed by atoms with Crippen LogP contribution in [-0.2, 0) is 11.2 Å². The zero-order valence-electron chi connectivity index (χ0n) is 15.8. The van der Waals surface area contributed by atoms with Crippen LogP contribution in [0.2, 0.25) is 0 Å². The Morgan fingerprint density at radius 3 is 2.44 bits per heavy atom. The maximum Gasteiger partial charge on any atom is 0.220 e. The molecule has 140 valence electrons. The van der Waals surface area contributed by atoms with E-state index in [1.165, 1.54) is 16.3 Å². The highest BCUT2D eigenvalue weighted by atomic mass is 16.5. The summed E-state index contributed by atoms with van der Waals surface area (Å²) in [6, 6.07) is 21.8. The van der Waals surface area contributed by atoms with E-state index in [4.69, 9.17) is 9.47 Å². The molecule has 0 aliphatic heterocycles. The molecule has 3 aromatic carbocycles. The molecule has 0 spiro atoms. The van der Waals surface area contributed by atoms with E-state index < -0.39 is 0 Å². The summed E-state index contributed by atoms with van der Waals surface area (Å²) in [6.07, 6.45) is 1.18. The third-order valence-corrected chi connectivity index (χ3v) is 4.47. The van der Waals surface area contributed by atoms with E-state index >= 15 is 0 Å². The van der Waals surface area contributed by atoms with E-state index in [1.807, 2.05) is 49.4 Å². The molecule has 0 aliphatic rings. The third kappa shape index (κ3) is 5.23. The molecule has 0 heterocycles. The maximum absolute atomic E-state index is 12.3. The predicted octanol–water partition coefficient (Wildman–Crippen LogP) is 4.36. The van der Waals surface area contributed by atoms with Gasteiger partial charge in [0.1, 0.15) is 18.1 Å². The van der Waals surface area contributed by atoms with E-state index in [-0.39, 0.29) is 11.9 Å². The van der Waals surface area contributed by atoms with Crippen molar-refractivity contribution in [3.8, 4) is 11.5 Å². The number of hydrogen-bond donors (Lipinski definition) is 1. The van der Waals surface area contributed by atoms with Crippen molar-refractivity contribution in [2.75, 3.05) is 13.7 Å². The summed E-state index contributed by atoms with van der Waals surface area (Å²) in [6.45, 7) is 2.37. The Balaban J connectivity index is 1.46. The number of carbonyl (C=O) groups excluding carboxylic acids is 1. The average Bonchev–Trinajstić information content (AvgIpc) is 2.71. The number of fused-ring (bicyclic) bond motifs is 1. The first-order valence-corrected chi connectivity index (χ1v) is 9.18. The van der Waals surface area contributed by atoms with Gasteiger partial charge in [-0.3, -0.25) is 4.79 Å². The average molecular weight is 363 g/mol. The van der Waals surface area contributed by atoms with Gasteiger partial charge in [-0.25, -0.2) is 0 Å². The fraction of sp³-hybridized carbons (Fsp3) is 0.261. The van der Waals surface area contributed by atoms with Crippen molar-refractivity contribution in [3.05, 3.63) is 72.3 Å². The Kier molecular flexibility index (Phi) is 6.31. The Bertz CT molecular complexity index is 884. The molecule has 0 saturated carbocycles. The quantitative estimate of drug-likeness (QED) is 0.647. The molecule has 0 saturated heterocycles. The summed E-state index contributed by atoms with van der Waals surface area (Å²) >= 11 is 0. The molecule has 4 nitrogen and oxygen atoms in total. The second kappa shape index (κ2) is 9.08. The molecule has 1 amide bonds. The molecule has 3 aromatic rings. The normalized spacial score (nSPS) is 11.8. The summed E-state index contributed by atoms with van der Waals surface area (Å²) in [5.41, 5.74) is 1.20. The minimum atomic E-state index is -0.0629. The molecular formula is C23H25NO3. The first-order chi connectivity index (χ1) is 13.2. The summed E-state index contributed by atoms with van der Waals surface area (Å²) in [7, 11) is 1.63. The van der Waals surface area contributed by atoms with Crippen molar-refractivity contribution in [2.45, 2.75) is 25.8 Å². The third-order valence-electron chi connectivity index (χ3n) is 4.47. The van der Waals surface area contributed by atoms with E-state index in [9.17, 15) is 4.79 Å². The second-order valence-electron chi connectivity index (χ2n) is 6.59. The highest BCUT2D eigenvalue weighted by molar-refractivity contribution is 5.86. The predicted molar refractivity (Wildman–Crippen MR) is 108 cm³/mol. The van der Waals surface area contributed by atoms with Gasteiger partial charge < -0.3 is 14.8 Å². The Hall–Kier alpha value is -3.01. The van der Waals surface area contributed by atoms with Gasteiger partial charge in [-0.05, 0) is 53.9 Å². The molecule has 3 rings (SSSR count). The molecule has 0 radical (unpaired) electrons. The minimum Gasteiger partial charge on any atom is -0.497 e. The Morgan fingerprint density at radius 1 is 0.963 bits per heavy atom.